The first-order valence-corrected chi connectivity index (χ1v) is 12.9. The van der Waals surface area contributed by atoms with Crippen LogP contribution in [0.25, 0.3) is 0 Å². The molecule has 194 valence electrons. The van der Waals surface area contributed by atoms with E-state index in [4.69, 9.17) is 11.6 Å². The van der Waals surface area contributed by atoms with E-state index in [9.17, 15) is 23.1 Å². The summed E-state index contributed by atoms with van der Waals surface area (Å²) in [6, 6.07) is 8.21. The number of aliphatic hydroxyl groups is 1. The zero-order valence-corrected chi connectivity index (χ0v) is 20.8. The van der Waals surface area contributed by atoms with Gasteiger partial charge in [-0.1, -0.05) is 35.1 Å². The van der Waals surface area contributed by atoms with Crippen LogP contribution in [0.1, 0.15) is 41.3 Å². The number of carbonyl (C=O) groups is 1. The molecule has 2 fully saturated rings. The van der Waals surface area contributed by atoms with E-state index in [1.54, 1.807) is 18.3 Å². The third-order valence-electron chi connectivity index (χ3n) is 6.97. The Morgan fingerprint density at radius 1 is 1.22 bits per heavy atom. The predicted molar refractivity (Wildman–Crippen MR) is 130 cm³/mol. The molecule has 1 saturated heterocycles. The normalized spacial score (nSPS) is 22.1. The molecule has 0 bridgehead atoms. The summed E-state index contributed by atoms with van der Waals surface area (Å²) in [4.78, 5) is 20.5. The number of carbonyl (C=O) groups excluding carboxylic acids is 1. The molecule has 0 radical (unpaired) electrons. The summed E-state index contributed by atoms with van der Waals surface area (Å²) in [5, 5.41) is 13.6. The van der Waals surface area contributed by atoms with Crippen molar-refractivity contribution in [1.82, 2.24) is 9.88 Å². The first-order chi connectivity index (χ1) is 17.6. The highest BCUT2D eigenvalue weighted by molar-refractivity contribution is 7.15. The molecule has 1 unspecified atom stereocenters. The Morgan fingerprint density at radius 3 is 2.70 bits per heavy atom. The van der Waals surface area contributed by atoms with E-state index in [1.165, 1.54) is 35.6 Å². The number of nitrogens with zero attached hydrogens (tertiary/aromatic N) is 2. The third kappa shape index (κ3) is 4.54. The number of ether oxygens (including phenoxy) is 2. The monoisotopic (exact) mass is 551 g/mol. The van der Waals surface area contributed by atoms with E-state index in [2.05, 4.69) is 19.8 Å². The van der Waals surface area contributed by atoms with Gasteiger partial charge in [0.15, 0.2) is 16.6 Å². The molecule has 3 aliphatic rings. The number of anilines is 1. The summed E-state index contributed by atoms with van der Waals surface area (Å²) in [6.07, 6.45) is -0.879. The highest BCUT2D eigenvalue weighted by Crippen LogP contribution is 2.52. The SMILES string of the molecule is O=C(Nc1ncc([C@H](c2ccc(F)cc2Cl)N2CCC(O)C2)s1)C1(c2ccc3c(c2)OC(F)(F)O3)CC1. The molecule has 1 aliphatic carbocycles. The maximum Gasteiger partial charge on any atom is 0.586 e. The van der Waals surface area contributed by atoms with Crippen LogP contribution in [-0.2, 0) is 10.2 Å². The second-order valence-corrected chi connectivity index (χ2v) is 10.9. The number of aromatic nitrogens is 1. The van der Waals surface area contributed by atoms with Crippen LogP contribution in [0.15, 0.2) is 42.6 Å². The average Bonchev–Trinajstić information content (AvgIpc) is 3.16. The van der Waals surface area contributed by atoms with Crippen LogP contribution >= 0.6 is 22.9 Å². The molecule has 12 heteroatoms. The predicted octanol–water partition coefficient (Wildman–Crippen LogP) is 5.08. The van der Waals surface area contributed by atoms with Crippen molar-refractivity contribution in [1.29, 1.82) is 0 Å². The highest BCUT2D eigenvalue weighted by atomic mass is 35.5. The molecule has 1 aromatic heterocycles. The van der Waals surface area contributed by atoms with Crippen molar-refractivity contribution in [2.75, 3.05) is 18.4 Å². The molecule has 2 aliphatic heterocycles. The number of halogens is 4. The highest BCUT2D eigenvalue weighted by Gasteiger charge is 2.53. The number of amides is 1. The van der Waals surface area contributed by atoms with E-state index < -0.39 is 23.6 Å². The molecule has 6 rings (SSSR count). The summed E-state index contributed by atoms with van der Waals surface area (Å²) in [5.74, 6) is -0.933. The summed E-state index contributed by atoms with van der Waals surface area (Å²) in [6.45, 7) is 1.04. The lowest BCUT2D eigenvalue weighted by molar-refractivity contribution is -0.286. The summed E-state index contributed by atoms with van der Waals surface area (Å²) in [7, 11) is 0. The van der Waals surface area contributed by atoms with Crippen LogP contribution in [0, 0.1) is 5.82 Å². The van der Waals surface area contributed by atoms with Gasteiger partial charge in [0.2, 0.25) is 5.91 Å². The molecule has 2 N–H and O–H groups in total. The molecule has 37 heavy (non-hydrogen) atoms. The number of β-amino-alcohol motifs (C(OH)–C–C–N with tert-alkyl or cyclic N) is 1. The molecule has 2 atom stereocenters. The van der Waals surface area contributed by atoms with E-state index >= 15 is 0 Å². The fourth-order valence-corrected chi connectivity index (χ4v) is 6.20. The van der Waals surface area contributed by atoms with E-state index in [1.807, 2.05) is 4.90 Å². The molecule has 2 aromatic carbocycles. The molecule has 0 spiro atoms. The first kappa shape index (κ1) is 24.5. The van der Waals surface area contributed by atoms with Gasteiger partial charge in [0, 0.05) is 29.2 Å². The molecule has 3 heterocycles. The summed E-state index contributed by atoms with van der Waals surface area (Å²) in [5.41, 5.74) is 0.360. The van der Waals surface area contributed by atoms with Crippen molar-refractivity contribution in [2.45, 2.75) is 43.1 Å². The Hall–Kier alpha value is -2.86. The van der Waals surface area contributed by atoms with Gasteiger partial charge >= 0.3 is 6.29 Å². The van der Waals surface area contributed by atoms with Gasteiger partial charge in [0.25, 0.3) is 0 Å². The van der Waals surface area contributed by atoms with Crippen molar-refractivity contribution in [3.63, 3.8) is 0 Å². The summed E-state index contributed by atoms with van der Waals surface area (Å²) >= 11 is 7.65. The van der Waals surface area contributed by atoms with Crippen molar-refractivity contribution in [2.24, 2.45) is 0 Å². The van der Waals surface area contributed by atoms with E-state index in [-0.39, 0.29) is 28.5 Å². The van der Waals surface area contributed by atoms with Crippen molar-refractivity contribution < 1.29 is 32.5 Å². The number of likely N-dealkylation sites (tertiary alicyclic amines) is 1. The number of nitrogens with one attached hydrogen (secondary N) is 1. The number of rotatable bonds is 6. The van der Waals surface area contributed by atoms with Crippen LogP contribution < -0.4 is 14.8 Å². The van der Waals surface area contributed by atoms with Gasteiger partial charge in [-0.05, 0) is 54.7 Å². The van der Waals surface area contributed by atoms with Crippen LogP contribution in [0.3, 0.4) is 0 Å². The van der Waals surface area contributed by atoms with Crippen LogP contribution in [0.5, 0.6) is 11.5 Å². The number of thiazole rings is 1. The smallest absolute Gasteiger partial charge is 0.395 e. The lowest BCUT2D eigenvalue weighted by Gasteiger charge is -2.27. The quantitative estimate of drug-likeness (QED) is 0.444. The minimum Gasteiger partial charge on any atom is -0.395 e. The van der Waals surface area contributed by atoms with E-state index in [0.717, 1.165) is 4.88 Å². The zero-order chi connectivity index (χ0) is 25.9. The van der Waals surface area contributed by atoms with Crippen LogP contribution in [0.4, 0.5) is 18.3 Å². The second-order valence-electron chi connectivity index (χ2n) is 9.44. The number of alkyl halides is 2. The lowest BCUT2D eigenvalue weighted by atomic mass is 9.94. The second kappa shape index (κ2) is 8.87. The fraction of sp³-hybridized carbons (Fsp3) is 0.360. The molecular weight excluding hydrogens is 531 g/mol. The van der Waals surface area contributed by atoms with Crippen LogP contribution in [0.2, 0.25) is 5.02 Å². The molecule has 7 nitrogen and oxygen atoms in total. The van der Waals surface area contributed by atoms with Crippen molar-refractivity contribution in [3.8, 4) is 11.5 Å². The standard InChI is InChI=1S/C25H21ClF3N3O4S/c26-17-10-14(27)2-3-16(17)21(32-8-5-15(33)12-32)20-11-30-23(37-20)31-22(34)24(6-7-24)13-1-4-18-19(9-13)36-25(28,29)35-18/h1-4,9-11,15,21,33H,5-8,12H2,(H,30,31,34)/t15?,21-/m0/s1. The molecule has 1 amide bonds. The topological polar surface area (TPSA) is 83.9 Å². The number of hydrogen-bond acceptors (Lipinski definition) is 7. The van der Waals surface area contributed by atoms with Gasteiger partial charge in [-0.15, -0.1) is 8.78 Å². The van der Waals surface area contributed by atoms with E-state index in [0.29, 0.717) is 48.6 Å². The Bertz CT molecular complexity index is 1380. The van der Waals surface area contributed by atoms with Gasteiger partial charge in [0.05, 0.1) is 17.6 Å². The van der Waals surface area contributed by atoms with Crippen molar-refractivity contribution in [3.05, 3.63) is 69.4 Å². The largest absolute Gasteiger partial charge is 0.586 e. The van der Waals surface area contributed by atoms with Crippen LogP contribution in [-0.4, -0.2) is 46.4 Å². The molecule has 3 aromatic rings. The molecular formula is C25H21ClF3N3O4S. The average molecular weight is 552 g/mol. The fourth-order valence-electron chi connectivity index (χ4n) is 4.96. The number of fused-ring (bicyclic) bond motifs is 1. The minimum atomic E-state index is -3.73. The number of hydrogen-bond donors (Lipinski definition) is 2. The lowest BCUT2D eigenvalue weighted by Crippen LogP contribution is -2.28. The van der Waals surface area contributed by atoms with Crippen molar-refractivity contribution >= 4 is 34.0 Å². The Labute approximate surface area is 218 Å². The Balaban J connectivity index is 1.24. The summed E-state index contributed by atoms with van der Waals surface area (Å²) < 4.78 is 49.6. The first-order valence-electron chi connectivity index (χ1n) is 11.7. The maximum atomic E-state index is 13.7. The van der Waals surface area contributed by atoms with Gasteiger partial charge in [-0.3, -0.25) is 9.69 Å². The van der Waals surface area contributed by atoms with Gasteiger partial charge in [-0.25, -0.2) is 9.37 Å². The van der Waals surface area contributed by atoms with Gasteiger partial charge in [0.1, 0.15) is 5.82 Å². The Morgan fingerprint density at radius 2 is 2.00 bits per heavy atom. The maximum absolute atomic E-state index is 13.7. The third-order valence-corrected chi connectivity index (χ3v) is 8.26. The van der Waals surface area contributed by atoms with Gasteiger partial charge < -0.3 is 19.9 Å². The zero-order valence-electron chi connectivity index (χ0n) is 19.2. The van der Waals surface area contributed by atoms with Gasteiger partial charge in [-0.2, -0.15) is 0 Å². The minimum absolute atomic E-state index is 0.0768. The molecule has 1 saturated carbocycles. The number of aliphatic hydroxyl groups excluding tert-OH is 1. The Kier molecular flexibility index (Phi) is 5.86. The number of benzene rings is 2.